The summed E-state index contributed by atoms with van der Waals surface area (Å²) in [5.41, 5.74) is 1.77. The Bertz CT molecular complexity index is 1010. The molecule has 2 aromatic rings. The van der Waals surface area contributed by atoms with Crippen LogP contribution in [-0.4, -0.2) is 49.5 Å². The van der Waals surface area contributed by atoms with Crippen LogP contribution in [0.5, 0.6) is 0 Å². The molecular weight excluding hydrogens is 376 g/mol. The van der Waals surface area contributed by atoms with Gasteiger partial charge < -0.3 is 10.1 Å². The van der Waals surface area contributed by atoms with Gasteiger partial charge in [0, 0.05) is 13.6 Å². The smallest absolute Gasteiger partial charge is 0.276 e. The number of ether oxygens (including phenoxy) is 1. The SMILES string of the molecule is CCn1ncc(N2C(=O)[C@@H]3[C@@H](C2=O)[C@H]2CC[C@H]3O2)c1C(=O)Nc1cnn(C)c1C. The van der Waals surface area contributed by atoms with Gasteiger partial charge in [0.25, 0.3) is 5.91 Å². The fraction of sp³-hybridized carbons (Fsp3) is 0.526. The number of fused-ring (bicyclic) bond motifs is 5. The van der Waals surface area contributed by atoms with Crippen LogP contribution in [0.25, 0.3) is 0 Å². The van der Waals surface area contributed by atoms with Crippen molar-refractivity contribution in [3.8, 4) is 0 Å². The second-order valence-corrected chi connectivity index (χ2v) is 7.77. The van der Waals surface area contributed by atoms with E-state index in [1.807, 2.05) is 13.8 Å². The van der Waals surface area contributed by atoms with E-state index in [4.69, 9.17) is 4.74 Å². The Morgan fingerprint density at radius 1 is 1.17 bits per heavy atom. The fourth-order valence-corrected chi connectivity index (χ4v) is 4.76. The quantitative estimate of drug-likeness (QED) is 0.765. The van der Waals surface area contributed by atoms with Gasteiger partial charge in [0.05, 0.1) is 47.8 Å². The molecule has 0 aliphatic carbocycles. The zero-order valence-corrected chi connectivity index (χ0v) is 16.5. The van der Waals surface area contributed by atoms with E-state index in [9.17, 15) is 14.4 Å². The Hall–Kier alpha value is -3.01. The molecule has 10 heteroatoms. The van der Waals surface area contributed by atoms with Gasteiger partial charge in [0.1, 0.15) is 5.69 Å². The minimum Gasteiger partial charge on any atom is -0.373 e. The monoisotopic (exact) mass is 398 g/mol. The van der Waals surface area contributed by atoms with E-state index in [1.165, 1.54) is 10.9 Å². The first kappa shape index (κ1) is 18.0. The zero-order valence-electron chi connectivity index (χ0n) is 16.5. The lowest BCUT2D eigenvalue weighted by atomic mass is 9.81. The van der Waals surface area contributed by atoms with E-state index < -0.39 is 17.7 Å². The number of hydrogen-bond acceptors (Lipinski definition) is 6. The van der Waals surface area contributed by atoms with E-state index >= 15 is 0 Å². The summed E-state index contributed by atoms with van der Waals surface area (Å²) in [5.74, 6) is -1.94. The summed E-state index contributed by atoms with van der Waals surface area (Å²) < 4.78 is 8.93. The molecule has 0 aromatic carbocycles. The van der Waals surface area contributed by atoms with Gasteiger partial charge in [-0.3, -0.25) is 23.7 Å². The lowest BCUT2D eigenvalue weighted by Crippen LogP contribution is -2.35. The summed E-state index contributed by atoms with van der Waals surface area (Å²) >= 11 is 0. The average Bonchev–Trinajstić information content (AvgIpc) is 3.49. The third-order valence-corrected chi connectivity index (χ3v) is 6.34. The first-order valence-electron chi connectivity index (χ1n) is 9.81. The Morgan fingerprint density at radius 2 is 1.83 bits per heavy atom. The highest BCUT2D eigenvalue weighted by Crippen LogP contribution is 2.49. The molecule has 3 saturated heterocycles. The zero-order chi connectivity index (χ0) is 20.4. The van der Waals surface area contributed by atoms with Gasteiger partial charge in [0.15, 0.2) is 5.69 Å². The minimum atomic E-state index is -0.456. The molecule has 0 radical (unpaired) electrons. The summed E-state index contributed by atoms with van der Waals surface area (Å²) in [6.45, 7) is 4.11. The van der Waals surface area contributed by atoms with Crippen LogP contribution in [0.15, 0.2) is 12.4 Å². The second-order valence-electron chi connectivity index (χ2n) is 7.77. The molecule has 3 aliphatic rings. The Balaban J connectivity index is 1.51. The number of rotatable bonds is 4. The number of hydrogen-bond donors (Lipinski definition) is 1. The first-order chi connectivity index (χ1) is 13.9. The third kappa shape index (κ3) is 2.41. The van der Waals surface area contributed by atoms with Crippen molar-refractivity contribution in [2.45, 2.75) is 45.4 Å². The molecule has 5 heterocycles. The van der Waals surface area contributed by atoms with Gasteiger partial charge in [-0.1, -0.05) is 0 Å². The van der Waals surface area contributed by atoms with E-state index in [2.05, 4.69) is 15.5 Å². The summed E-state index contributed by atoms with van der Waals surface area (Å²) in [4.78, 5) is 40.5. The van der Waals surface area contributed by atoms with Crippen LogP contribution in [0.4, 0.5) is 11.4 Å². The lowest BCUT2D eigenvalue weighted by molar-refractivity contribution is -0.124. The molecule has 0 saturated carbocycles. The normalized spacial score (nSPS) is 27.8. The van der Waals surface area contributed by atoms with Crippen LogP contribution < -0.4 is 10.2 Å². The second kappa shape index (κ2) is 6.24. The molecule has 2 bridgehead atoms. The highest BCUT2D eigenvalue weighted by Gasteiger charge is 2.63. The molecule has 2 aromatic heterocycles. The molecule has 3 fully saturated rings. The maximum absolute atomic E-state index is 13.1. The average molecular weight is 398 g/mol. The number of carbonyl (C=O) groups is 3. The molecule has 0 spiro atoms. The Kier molecular flexibility index (Phi) is 3.89. The topological polar surface area (TPSA) is 111 Å². The van der Waals surface area contributed by atoms with Gasteiger partial charge in [-0.2, -0.15) is 10.2 Å². The van der Waals surface area contributed by atoms with Crippen molar-refractivity contribution in [3.05, 3.63) is 23.8 Å². The number of anilines is 2. The predicted molar refractivity (Wildman–Crippen MR) is 101 cm³/mol. The van der Waals surface area contributed by atoms with Gasteiger partial charge >= 0.3 is 0 Å². The van der Waals surface area contributed by atoms with Gasteiger partial charge in [0.2, 0.25) is 11.8 Å². The molecule has 10 nitrogen and oxygen atoms in total. The summed E-state index contributed by atoms with van der Waals surface area (Å²) in [6.07, 6.45) is 4.16. The van der Waals surface area contributed by atoms with Crippen LogP contribution in [-0.2, 0) is 27.9 Å². The van der Waals surface area contributed by atoms with Crippen molar-refractivity contribution in [2.24, 2.45) is 18.9 Å². The molecule has 5 rings (SSSR count). The van der Waals surface area contributed by atoms with Crippen molar-refractivity contribution in [3.63, 3.8) is 0 Å². The Morgan fingerprint density at radius 3 is 2.38 bits per heavy atom. The number of aryl methyl sites for hydroxylation is 2. The van der Waals surface area contributed by atoms with Crippen molar-refractivity contribution in [2.75, 3.05) is 10.2 Å². The van der Waals surface area contributed by atoms with Crippen molar-refractivity contribution >= 4 is 29.1 Å². The molecule has 4 atom stereocenters. The molecule has 3 amide bonds. The van der Waals surface area contributed by atoms with Crippen molar-refractivity contribution in [1.29, 1.82) is 0 Å². The minimum absolute atomic E-state index is 0.186. The van der Waals surface area contributed by atoms with Crippen LogP contribution in [0, 0.1) is 18.8 Å². The van der Waals surface area contributed by atoms with E-state index in [-0.39, 0.29) is 35.4 Å². The standard InChI is InChI=1S/C19H22N6O4/c1-4-24-16(17(26)22-10-7-20-23(3)9(10)2)11(8-21-24)25-18(27)14-12-5-6-13(29-12)15(14)19(25)28/h7-8,12-15H,4-6H2,1-3H3,(H,22,26)/t12-,13-,14+,15+/m1/s1. The maximum Gasteiger partial charge on any atom is 0.276 e. The van der Waals surface area contributed by atoms with Crippen LogP contribution in [0.1, 0.15) is 35.9 Å². The van der Waals surface area contributed by atoms with Crippen molar-refractivity contribution < 1.29 is 19.1 Å². The Labute approximate surface area is 166 Å². The van der Waals surface area contributed by atoms with Gasteiger partial charge in [-0.15, -0.1) is 0 Å². The number of nitrogens with one attached hydrogen (secondary N) is 1. The van der Waals surface area contributed by atoms with Crippen LogP contribution >= 0.6 is 0 Å². The maximum atomic E-state index is 13.1. The van der Waals surface area contributed by atoms with Gasteiger partial charge in [-0.25, -0.2) is 4.90 Å². The number of carbonyl (C=O) groups excluding carboxylic acids is 3. The first-order valence-corrected chi connectivity index (χ1v) is 9.81. The predicted octanol–water partition coefficient (Wildman–Crippen LogP) is 0.864. The molecule has 0 unspecified atom stereocenters. The largest absolute Gasteiger partial charge is 0.373 e. The number of aromatic nitrogens is 4. The molecule has 152 valence electrons. The van der Waals surface area contributed by atoms with Crippen LogP contribution in [0.3, 0.4) is 0 Å². The summed E-state index contributed by atoms with van der Waals surface area (Å²) in [7, 11) is 1.78. The number of amides is 3. The van der Waals surface area contributed by atoms with E-state index in [0.29, 0.717) is 12.2 Å². The van der Waals surface area contributed by atoms with Crippen LogP contribution in [0.2, 0.25) is 0 Å². The third-order valence-electron chi connectivity index (χ3n) is 6.34. The highest BCUT2D eigenvalue weighted by atomic mass is 16.5. The lowest BCUT2D eigenvalue weighted by Gasteiger charge is -2.18. The molecule has 1 N–H and O–H groups in total. The number of nitrogens with zero attached hydrogens (tertiary/aromatic N) is 5. The van der Waals surface area contributed by atoms with Gasteiger partial charge in [-0.05, 0) is 26.7 Å². The molecule has 29 heavy (non-hydrogen) atoms. The van der Waals surface area contributed by atoms with E-state index in [1.54, 1.807) is 17.9 Å². The summed E-state index contributed by atoms with van der Waals surface area (Å²) in [6, 6.07) is 0. The van der Waals surface area contributed by atoms with E-state index in [0.717, 1.165) is 23.4 Å². The summed E-state index contributed by atoms with van der Waals surface area (Å²) in [5, 5.41) is 11.2. The highest BCUT2D eigenvalue weighted by molar-refractivity contribution is 6.25. The molecular formula is C19H22N6O4. The molecule has 3 aliphatic heterocycles. The number of imide groups is 1. The van der Waals surface area contributed by atoms with Crippen molar-refractivity contribution in [1.82, 2.24) is 19.6 Å². The fourth-order valence-electron chi connectivity index (χ4n) is 4.76.